The van der Waals surface area contributed by atoms with E-state index in [9.17, 15) is 23.9 Å². The molecule has 0 fully saturated rings. The monoisotopic (exact) mass is 499 g/mol. The largest absolute Gasteiger partial charge is 0.497 e. The number of aromatic nitrogens is 1. The van der Waals surface area contributed by atoms with Crippen LogP contribution in [0.4, 0.5) is 15.8 Å². The van der Waals surface area contributed by atoms with Gasteiger partial charge in [0.1, 0.15) is 22.8 Å². The zero-order chi connectivity index (χ0) is 26.2. The highest BCUT2D eigenvalue weighted by Gasteiger charge is 2.53. The lowest BCUT2D eigenvalue weighted by atomic mass is 9.86. The Hall–Kier alpha value is -4.79. The average molecular weight is 499 g/mol. The Balaban J connectivity index is 1.65. The summed E-state index contributed by atoms with van der Waals surface area (Å²) < 4.78 is 20.2. The van der Waals surface area contributed by atoms with Crippen LogP contribution in [0.15, 0.2) is 79.0 Å². The van der Waals surface area contributed by atoms with Crippen molar-refractivity contribution < 1.29 is 28.6 Å². The Morgan fingerprint density at radius 1 is 1.03 bits per heavy atom. The molecule has 2 amide bonds. The van der Waals surface area contributed by atoms with E-state index in [1.54, 1.807) is 36.5 Å². The first kappa shape index (κ1) is 23.9. The van der Waals surface area contributed by atoms with Crippen molar-refractivity contribution >= 4 is 39.9 Å². The number of methoxy groups -OCH3 is 1. The van der Waals surface area contributed by atoms with Crippen LogP contribution in [-0.2, 0) is 15.1 Å². The van der Waals surface area contributed by atoms with Crippen molar-refractivity contribution in [2.24, 2.45) is 0 Å². The number of carboxylic acids is 1. The Morgan fingerprint density at radius 3 is 2.49 bits per heavy atom. The molecular weight excluding hydrogens is 477 g/mol. The summed E-state index contributed by atoms with van der Waals surface area (Å²) in [6, 6.07) is 19.5. The molecule has 0 aliphatic carbocycles. The van der Waals surface area contributed by atoms with Gasteiger partial charge in [-0.15, -0.1) is 0 Å². The van der Waals surface area contributed by atoms with E-state index in [1.807, 2.05) is 24.3 Å². The molecule has 1 aliphatic heterocycles. The van der Waals surface area contributed by atoms with Gasteiger partial charge in [0.25, 0.3) is 11.8 Å². The van der Waals surface area contributed by atoms with Crippen molar-refractivity contribution in [1.82, 2.24) is 10.3 Å². The Bertz CT molecular complexity index is 1560. The summed E-state index contributed by atoms with van der Waals surface area (Å²) in [6.07, 6.45) is 0.869. The summed E-state index contributed by atoms with van der Waals surface area (Å²) in [5.74, 6) is -2.74. The molecule has 5 rings (SSSR count). The molecule has 37 heavy (non-hydrogen) atoms. The van der Waals surface area contributed by atoms with E-state index < -0.39 is 35.6 Å². The number of fused-ring (bicyclic) bond motifs is 2. The fourth-order valence-corrected chi connectivity index (χ4v) is 4.66. The second kappa shape index (κ2) is 9.34. The van der Waals surface area contributed by atoms with Gasteiger partial charge < -0.3 is 15.2 Å². The van der Waals surface area contributed by atoms with Crippen LogP contribution >= 0.6 is 0 Å². The van der Waals surface area contributed by atoms with Gasteiger partial charge in [-0.25, -0.2) is 4.39 Å². The third-order valence-corrected chi connectivity index (χ3v) is 6.47. The van der Waals surface area contributed by atoms with E-state index in [-0.39, 0.29) is 23.5 Å². The lowest BCUT2D eigenvalue weighted by molar-refractivity contribution is -0.137. The number of carbonyl (C=O) groups excluding carboxylic acids is 2. The molecule has 9 heteroatoms. The lowest BCUT2D eigenvalue weighted by Gasteiger charge is -2.29. The molecule has 3 aromatic carbocycles. The van der Waals surface area contributed by atoms with Crippen LogP contribution in [0.5, 0.6) is 5.75 Å². The average Bonchev–Trinajstić information content (AvgIpc) is 3.14. The fraction of sp³-hybridized carbons (Fsp3) is 0.143. The molecule has 0 unspecified atom stereocenters. The molecule has 1 aliphatic rings. The van der Waals surface area contributed by atoms with Crippen LogP contribution in [0.25, 0.3) is 10.8 Å². The first-order chi connectivity index (χ1) is 17.8. The topological polar surface area (TPSA) is 109 Å². The predicted octanol–water partition coefficient (Wildman–Crippen LogP) is 4.55. The minimum Gasteiger partial charge on any atom is -0.497 e. The molecule has 2 N–H and O–H groups in total. The van der Waals surface area contributed by atoms with Crippen LogP contribution in [0.1, 0.15) is 28.9 Å². The van der Waals surface area contributed by atoms with Gasteiger partial charge in [-0.3, -0.25) is 24.3 Å². The maximum Gasteiger partial charge on any atom is 0.303 e. The van der Waals surface area contributed by atoms with Crippen molar-refractivity contribution in [3.8, 4) is 5.75 Å². The zero-order valence-corrected chi connectivity index (χ0v) is 19.8. The summed E-state index contributed by atoms with van der Waals surface area (Å²) in [5, 5.41) is 13.9. The van der Waals surface area contributed by atoms with Gasteiger partial charge in [-0.2, -0.15) is 0 Å². The SMILES string of the molecule is COc1ccc2c(c1)N(c1ccccc1F)C(=O)[C@@]2(CCC(=O)O)NC(=O)c1cc2ccccc2cn1. The number of hydrogen-bond acceptors (Lipinski definition) is 5. The van der Waals surface area contributed by atoms with Gasteiger partial charge in [-0.05, 0) is 36.1 Å². The molecule has 2 heterocycles. The highest BCUT2D eigenvalue weighted by molar-refractivity contribution is 6.15. The molecule has 0 saturated carbocycles. The third-order valence-electron chi connectivity index (χ3n) is 6.47. The molecule has 186 valence electrons. The molecule has 0 spiro atoms. The number of nitrogens with zero attached hydrogens (tertiary/aromatic N) is 2. The molecule has 0 saturated heterocycles. The summed E-state index contributed by atoms with van der Waals surface area (Å²) in [7, 11) is 1.46. The maximum absolute atomic E-state index is 14.9. The number of hydrogen-bond donors (Lipinski definition) is 2. The minimum absolute atomic E-state index is 0.0303. The summed E-state index contributed by atoms with van der Waals surface area (Å²) >= 11 is 0. The Labute approximate surface area is 211 Å². The number of carbonyl (C=O) groups is 3. The molecule has 1 aromatic heterocycles. The van der Waals surface area contributed by atoms with Gasteiger partial charge >= 0.3 is 5.97 Å². The van der Waals surface area contributed by atoms with Crippen LogP contribution in [0, 0.1) is 5.82 Å². The van der Waals surface area contributed by atoms with Crippen LogP contribution in [-0.4, -0.2) is 35.0 Å². The third kappa shape index (κ3) is 4.14. The highest BCUT2D eigenvalue weighted by atomic mass is 19.1. The van der Waals surface area contributed by atoms with Crippen molar-refractivity contribution in [2.75, 3.05) is 12.0 Å². The molecular formula is C28H22FN3O5. The molecule has 1 atom stereocenters. The first-order valence-corrected chi connectivity index (χ1v) is 11.5. The Kier molecular flexibility index (Phi) is 6.04. The summed E-state index contributed by atoms with van der Waals surface area (Å²) in [6.45, 7) is 0. The molecule has 0 radical (unpaired) electrons. The van der Waals surface area contributed by atoms with Gasteiger partial charge in [0, 0.05) is 29.6 Å². The van der Waals surface area contributed by atoms with Gasteiger partial charge in [0.15, 0.2) is 0 Å². The number of anilines is 2. The number of amides is 2. The number of ether oxygens (including phenoxy) is 1. The standard InChI is InChI=1S/C28H22FN3O5/c1-37-19-10-11-20-24(15-19)32(23-9-5-4-8-21(23)29)27(36)28(20,13-12-25(33)34)31-26(35)22-14-17-6-2-3-7-18(17)16-30-22/h2-11,14-16H,12-13H2,1H3,(H,31,35)(H,33,34)/t28-/m0/s1. The first-order valence-electron chi connectivity index (χ1n) is 11.5. The van der Waals surface area contributed by atoms with Crippen molar-refractivity contribution in [1.29, 1.82) is 0 Å². The van der Waals surface area contributed by atoms with E-state index in [4.69, 9.17) is 4.74 Å². The maximum atomic E-state index is 14.9. The predicted molar refractivity (Wildman–Crippen MR) is 134 cm³/mol. The van der Waals surface area contributed by atoms with Crippen LogP contribution in [0.3, 0.4) is 0 Å². The molecule has 0 bridgehead atoms. The van der Waals surface area contributed by atoms with Crippen molar-refractivity contribution in [3.05, 3.63) is 96.1 Å². The lowest BCUT2D eigenvalue weighted by Crippen LogP contribution is -2.52. The molecule has 8 nitrogen and oxygen atoms in total. The normalized spacial score (nSPS) is 16.5. The van der Waals surface area contributed by atoms with Gasteiger partial charge in [0.05, 0.1) is 18.5 Å². The Morgan fingerprint density at radius 2 is 1.76 bits per heavy atom. The number of carboxylic acid groups (broad SMARTS) is 1. The van der Waals surface area contributed by atoms with Crippen LogP contribution < -0.4 is 15.0 Å². The van der Waals surface area contributed by atoms with E-state index >= 15 is 0 Å². The van der Waals surface area contributed by atoms with Crippen molar-refractivity contribution in [3.63, 3.8) is 0 Å². The number of aliphatic carboxylic acids is 1. The van der Waals surface area contributed by atoms with Gasteiger partial charge in [0.2, 0.25) is 0 Å². The minimum atomic E-state index is -1.79. The van der Waals surface area contributed by atoms with Gasteiger partial charge in [-0.1, -0.05) is 42.5 Å². The zero-order valence-electron chi connectivity index (χ0n) is 19.8. The fourth-order valence-electron chi connectivity index (χ4n) is 4.66. The quantitative estimate of drug-likeness (QED) is 0.386. The number of rotatable bonds is 7. The van der Waals surface area contributed by atoms with E-state index in [0.29, 0.717) is 11.3 Å². The summed E-state index contributed by atoms with van der Waals surface area (Å²) in [4.78, 5) is 44.6. The second-order valence-corrected chi connectivity index (χ2v) is 8.64. The molecule has 4 aromatic rings. The smallest absolute Gasteiger partial charge is 0.303 e. The van der Waals surface area contributed by atoms with E-state index in [2.05, 4.69) is 10.3 Å². The number of halogens is 1. The van der Waals surface area contributed by atoms with E-state index in [1.165, 1.54) is 25.3 Å². The second-order valence-electron chi connectivity index (χ2n) is 8.64. The number of para-hydroxylation sites is 1. The highest BCUT2D eigenvalue weighted by Crippen LogP contribution is 2.48. The van der Waals surface area contributed by atoms with Crippen LogP contribution in [0.2, 0.25) is 0 Å². The number of benzene rings is 3. The van der Waals surface area contributed by atoms with E-state index in [0.717, 1.165) is 15.7 Å². The number of pyridine rings is 1. The van der Waals surface area contributed by atoms with Crippen molar-refractivity contribution in [2.45, 2.75) is 18.4 Å². The summed E-state index contributed by atoms with van der Waals surface area (Å²) in [5.41, 5.74) is -1.14. The number of nitrogens with one attached hydrogen (secondary N) is 1.